The van der Waals surface area contributed by atoms with E-state index >= 15 is 0 Å². The van der Waals surface area contributed by atoms with E-state index in [2.05, 4.69) is 30.5 Å². The zero-order valence-electron chi connectivity index (χ0n) is 17.8. The number of guanidine groups is 1. The fourth-order valence-corrected chi connectivity index (χ4v) is 2.73. The fourth-order valence-electron chi connectivity index (χ4n) is 2.73. The van der Waals surface area contributed by atoms with Crippen molar-refractivity contribution in [2.24, 2.45) is 4.99 Å². The highest BCUT2D eigenvalue weighted by atomic mass is 127. The Labute approximate surface area is 190 Å². The number of halogens is 1. The molecule has 29 heavy (non-hydrogen) atoms. The molecule has 1 aromatic heterocycles. The average molecular weight is 519 g/mol. The molecule has 0 radical (unpaired) electrons. The number of piperazine rings is 1. The number of methoxy groups -OCH3 is 1. The Bertz CT molecular complexity index is 635. The minimum atomic E-state index is -0.319. The van der Waals surface area contributed by atoms with Gasteiger partial charge in [0.2, 0.25) is 11.9 Å². The number of nitrogens with one attached hydrogen (secondary N) is 2. The first-order valence-electron chi connectivity index (χ1n) is 9.82. The summed E-state index contributed by atoms with van der Waals surface area (Å²) in [7, 11) is 1.68. The van der Waals surface area contributed by atoms with Gasteiger partial charge in [0.05, 0.1) is 12.1 Å². The van der Waals surface area contributed by atoms with Gasteiger partial charge in [-0.1, -0.05) is 0 Å². The fraction of sp³-hybridized carbons (Fsp3) is 0.684. The summed E-state index contributed by atoms with van der Waals surface area (Å²) in [6, 6.07) is 1.80. The molecule has 9 nitrogen and oxygen atoms in total. The average Bonchev–Trinajstić information content (AvgIpc) is 2.72. The standard InChI is InChI=1S/C19H33N7O2.HI/c1-5-20-17(24-15-19(2,3)28-4)21-10-7-16(27)25-11-13-26(14-12-25)18-22-8-6-9-23-18;/h6,8-9H,5,7,10-15H2,1-4H3,(H2,20,21,24);1H. The van der Waals surface area contributed by atoms with E-state index < -0.39 is 0 Å². The minimum Gasteiger partial charge on any atom is -0.377 e. The molecule has 0 aliphatic carbocycles. The zero-order chi connectivity index (χ0) is 20.4. The van der Waals surface area contributed by atoms with Crippen LogP contribution in [0.1, 0.15) is 27.2 Å². The molecule has 0 saturated carbocycles. The first-order valence-corrected chi connectivity index (χ1v) is 9.82. The Hall–Kier alpha value is -1.69. The van der Waals surface area contributed by atoms with Gasteiger partial charge >= 0.3 is 0 Å². The van der Waals surface area contributed by atoms with Crippen LogP contribution in [0.4, 0.5) is 5.95 Å². The maximum Gasteiger partial charge on any atom is 0.225 e. The molecule has 10 heteroatoms. The number of amides is 1. The highest BCUT2D eigenvalue weighted by Crippen LogP contribution is 2.10. The normalized spacial score (nSPS) is 15.0. The molecule has 2 rings (SSSR count). The van der Waals surface area contributed by atoms with Gasteiger partial charge in [0.15, 0.2) is 5.96 Å². The molecule has 164 valence electrons. The lowest BCUT2D eigenvalue weighted by Gasteiger charge is -2.34. The molecule has 2 heterocycles. The maximum absolute atomic E-state index is 12.5. The van der Waals surface area contributed by atoms with Crippen LogP contribution in [0.15, 0.2) is 23.5 Å². The summed E-state index contributed by atoms with van der Waals surface area (Å²) >= 11 is 0. The summed E-state index contributed by atoms with van der Waals surface area (Å²) < 4.78 is 5.39. The number of aromatic nitrogens is 2. The van der Waals surface area contributed by atoms with Crippen LogP contribution in [0.25, 0.3) is 0 Å². The Balaban J connectivity index is 0.00000420. The van der Waals surface area contributed by atoms with Crippen molar-refractivity contribution in [3.05, 3.63) is 18.5 Å². The van der Waals surface area contributed by atoms with Crippen LogP contribution in [0, 0.1) is 0 Å². The van der Waals surface area contributed by atoms with E-state index in [9.17, 15) is 4.79 Å². The predicted octanol–water partition coefficient (Wildman–Crippen LogP) is 1.11. The third-order valence-corrected chi connectivity index (χ3v) is 4.61. The van der Waals surface area contributed by atoms with Gasteiger partial charge < -0.3 is 25.2 Å². The first-order chi connectivity index (χ1) is 13.4. The number of rotatable bonds is 8. The first kappa shape index (κ1) is 25.3. The monoisotopic (exact) mass is 519 g/mol. The number of ether oxygens (including phenoxy) is 1. The van der Waals surface area contributed by atoms with Crippen LogP contribution in [-0.4, -0.2) is 85.3 Å². The summed E-state index contributed by atoms with van der Waals surface area (Å²) in [5, 5.41) is 6.42. The molecule has 1 aromatic rings. The molecule has 0 unspecified atom stereocenters. The lowest BCUT2D eigenvalue weighted by molar-refractivity contribution is -0.131. The number of carbonyl (C=O) groups excluding carboxylic acids is 1. The Kier molecular flexibility index (Phi) is 11.2. The number of anilines is 1. The second-order valence-electron chi connectivity index (χ2n) is 7.25. The molecular weight excluding hydrogens is 485 g/mol. The Morgan fingerprint density at radius 1 is 1.21 bits per heavy atom. The van der Waals surface area contributed by atoms with Gasteiger partial charge in [0.25, 0.3) is 0 Å². The maximum atomic E-state index is 12.5. The molecule has 1 saturated heterocycles. The van der Waals surface area contributed by atoms with E-state index in [4.69, 9.17) is 4.74 Å². The van der Waals surface area contributed by atoms with Crippen LogP contribution >= 0.6 is 24.0 Å². The van der Waals surface area contributed by atoms with Crippen molar-refractivity contribution in [2.45, 2.75) is 32.8 Å². The van der Waals surface area contributed by atoms with Crippen LogP contribution < -0.4 is 15.5 Å². The molecule has 0 atom stereocenters. The van der Waals surface area contributed by atoms with Gasteiger partial charge in [-0.15, -0.1) is 24.0 Å². The van der Waals surface area contributed by atoms with Gasteiger partial charge in [0.1, 0.15) is 0 Å². The third kappa shape index (κ3) is 8.69. The van der Waals surface area contributed by atoms with Crippen LogP contribution in [0.5, 0.6) is 0 Å². The summed E-state index contributed by atoms with van der Waals surface area (Å²) in [5.74, 6) is 1.57. The summed E-state index contributed by atoms with van der Waals surface area (Å²) in [6.45, 7) is 10.7. The number of nitrogens with zero attached hydrogens (tertiary/aromatic N) is 5. The van der Waals surface area contributed by atoms with E-state index in [0.29, 0.717) is 38.6 Å². The van der Waals surface area contributed by atoms with E-state index in [1.54, 1.807) is 25.6 Å². The molecule has 2 N–H and O–H groups in total. The second kappa shape index (κ2) is 12.8. The van der Waals surface area contributed by atoms with E-state index in [1.807, 2.05) is 25.7 Å². The van der Waals surface area contributed by atoms with E-state index in [1.165, 1.54) is 0 Å². The molecule has 0 spiro atoms. The van der Waals surface area contributed by atoms with Gasteiger partial charge in [-0.25, -0.2) is 9.97 Å². The number of aliphatic imine (C=N–C) groups is 1. The van der Waals surface area contributed by atoms with Crippen LogP contribution in [0.3, 0.4) is 0 Å². The predicted molar refractivity (Wildman–Crippen MR) is 126 cm³/mol. The molecule has 1 aliphatic rings. The van der Waals surface area contributed by atoms with Crippen molar-refractivity contribution in [3.63, 3.8) is 0 Å². The van der Waals surface area contributed by atoms with Crippen molar-refractivity contribution >= 4 is 41.8 Å². The largest absolute Gasteiger partial charge is 0.377 e. The van der Waals surface area contributed by atoms with Gasteiger partial charge in [-0.3, -0.25) is 9.79 Å². The topological polar surface area (TPSA) is 95.0 Å². The molecule has 0 bridgehead atoms. The molecule has 1 fully saturated rings. The quantitative estimate of drug-likeness (QED) is 0.302. The molecule has 1 amide bonds. The number of carbonyl (C=O) groups is 1. The molecular formula is C19H34IN7O2. The van der Waals surface area contributed by atoms with Crippen LogP contribution in [-0.2, 0) is 9.53 Å². The summed E-state index contributed by atoms with van der Waals surface area (Å²) in [6.07, 6.45) is 3.91. The van der Waals surface area contributed by atoms with E-state index in [-0.39, 0.29) is 35.5 Å². The van der Waals surface area contributed by atoms with Crippen molar-refractivity contribution < 1.29 is 9.53 Å². The lowest BCUT2D eigenvalue weighted by Crippen LogP contribution is -2.50. The molecule has 0 aromatic carbocycles. The minimum absolute atomic E-state index is 0. The van der Waals surface area contributed by atoms with E-state index in [0.717, 1.165) is 25.6 Å². The van der Waals surface area contributed by atoms with Crippen molar-refractivity contribution in [1.82, 2.24) is 25.5 Å². The van der Waals surface area contributed by atoms with Gasteiger partial charge in [-0.05, 0) is 26.8 Å². The number of hydrogen-bond donors (Lipinski definition) is 2. The van der Waals surface area contributed by atoms with Crippen molar-refractivity contribution in [2.75, 3.05) is 57.8 Å². The number of hydrogen-bond acceptors (Lipinski definition) is 6. The summed E-state index contributed by atoms with van der Waals surface area (Å²) in [5.41, 5.74) is -0.319. The second-order valence-corrected chi connectivity index (χ2v) is 7.25. The van der Waals surface area contributed by atoms with Crippen molar-refractivity contribution in [3.8, 4) is 0 Å². The third-order valence-electron chi connectivity index (χ3n) is 4.61. The Morgan fingerprint density at radius 2 is 1.86 bits per heavy atom. The smallest absolute Gasteiger partial charge is 0.225 e. The SMILES string of the molecule is CCNC(=NCC(C)(C)OC)NCCC(=O)N1CCN(c2ncccn2)CC1.I. The van der Waals surface area contributed by atoms with Gasteiger partial charge in [-0.2, -0.15) is 0 Å². The Morgan fingerprint density at radius 3 is 2.45 bits per heavy atom. The zero-order valence-corrected chi connectivity index (χ0v) is 20.2. The highest BCUT2D eigenvalue weighted by Gasteiger charge is 2.22. The van der Waals surface area contributed by atoms with Crippen LogP contribution in [0.2, 0.25) is 0 Å². The van der Waals surface area contributed by atoms with Crippen molar-refractivity contribution in [1.29, 1.82) is 0 Å². The highest BCUT2D eigenvalue weighted by molar-refractivity contribution is 14.0. The lowest BCUT2D eigenvalue weighted by atomic mass is 10.1. The molecule has 1 aliphatic heterocycles. The van der Waals surface area contributed by atoms with Gasteiger partial charge in [0, 0.05) is 65.2 Å². The summed E-state index contributed by atoms with van der Waals surface area (Å²) in [4.78, 5) is 29.6.